The van der Waals surface area contributed by atoms with Crippen molar-refractivity contribution < 1.29 is 31.9 Å². The number of amides is 1. The van der Waals surface area contributed by atoms with E-state index in [0.717, 1.165) is 20.1 Å². The lowest BCUT2D eigenvalue weighted by Gasteiger charge is -2.21. The van der Waals surface area contributed by atoms with E-state index < -0.39 is 49.3 Å². The van der Waals surface area contributed by atoms with Crippen LogP contribution in [0.3, 0.4) is 0 Å². The van der Waals surface area contributed by atoms with Gasteiger partial charge in [-0.25, -0.2) is 22.0 Å². The molecule has 0 saturated heterocycles. The number of anilines is 1. The molecule has 1 rings (SSSR count). The first kappa shape index (κ1) is 17.0. The highest BCUT2D eigenvalue weighted by atomic mass is 32.2. The van der Waals surface area contributed by atoms with Gasteiger partial charge in [-0.15, -0.1) is 0 Å². The highest BCUT2D eigenvalue weighted by molar-refractivity contribution is 7.92. The Bertz CT molecular complexity index is 713. The van der Waals surface area contributed by atoms with Gasteiger partial charge in [0.25, 0.3) is 0 Å². The molecule has 0 spiro atoms. The van der Waals surface area contributed by atoms with E-state index >= 15 is 0 Å². The molecule has 0 atom stereocenters. The topological polar surface area (TPSA) is 101 Å². The number of benzene rings is 1. The number of hydrogen-bond acceptors (Lipinski definition) is 4. The molecular formula is C12H13F2NO5S. The van der Waals surface area contributed by atoms with Crippen molar-refractivity contribution in [3.63, 3.8) is 0 Å². The molecule has 0 saturated carbocycles. The number of aromatic carboxylic acids is 1. The van der Waals surface area contributed by atoms with Gasteiger partial charge in [0.05, 0.1) is 11.3 Å². The molecule has 9 heteroatoms. The summed E-state index contributed by atoms with van der Waals surface area (Å²) in [6.07, 6.45) is 0.830. The van der Waals surface area contributed by atoms with Crippen molar-refractivity contribution in [2.45, 2.75) is 18.6 Å². The summed E-state index contributed by atoms with van der Waals surface area (Å²) in [5.74, 6) is -5.23. The third-order valence-electron chi connectivity index (χ3n) is 3.01. The number of carbonyl (C=O) groups is 2. The SMILES string of the molecule is CC(C)(C(=O)Nc1cc(C(=O)O)c(F)cc1F)S(C)(=O)=O. The first-order chi connectivity index (χ1) is 9.37. The van der Waals surface area contributed by atoms with Crippen molar-refractivity contribution in [1.82, 2.24) is 0 Å². The van der Waals surface area contributed by atoms with E-state index in [-0.39, 0.29) is 0 Å². The zero-order valence-electron chi connectivity index (χ0n) is 11.4. The molecule has 1 amide bonds. The van der Waals surface area contributed by atoms with E-state index in [0.29, 0.717) is 12.1 Å². The van der Waals surface area contributed by atoms with Gasteiger partial charge in [-0.1, -0.05) is 0 Å². The third-order valence-corrected chi connectivity index (χ3v) is 5.05. The molecule has 116 valence electrons. The Morgan fingerprint density at radius 1 is 1.19 bits per heavy atom. The molecule has 0 heterocycles. The van der Waals surface area contributed by atoms with Crippen LogP contribution in [0.1, 0.15) is 24.2 Å². The third kappa shape index (κ3) is 3.35. The smallest absolute Gasteiger partial charge is 0.338 e. The Morgan fingerprint density at radius 3 is 2.14 bits per heavy atom. The molecule has 2 N–H and O–H groups in total. The van der Waals surface area contributed by atoms with Crippen molar-refractivity contribution in [3.8, 4) is 0 Å². The van der Waals surface area contributed by atoms with Crippen molar-refractivity contribution >= 4 is 27.4 Å². The lowest BCUT2D eigenvalue weighted by Crippen LogP contribution is -2.44. The van der Waals surface area contributed by atoms with Crippen LogP contribution in [0, 0.1) is 11.6 Å². The molecule has 0 aliphatic heterocycles. The average Bonchev–Trinajstić information content (AvgIpc) is 2.30. The minimum atomic E-state index is -3.79. The summed E-state index contributed by atoms with van der Waals surface area (Å²) in [5.41, 5.74) is -1.46. The molecule has 0 fully saturated rings. The summed E-state index contributed by atoms with van der Waals surface area (Å²) in [7, 11) is -3.79. The fourth-order valence-electron chi connectivity index (χ4n) is 1.25. The normalized spacial score (nSPS) is 12.0. The van der Waals surface area contributed by atoms with Crippen LogP contribution < -0.4 is 5.32 Å². The number of sulfone groups is 1. The zero-order chi connectivity index (χ0) is 16.6. The molecule has 1 aromatic carbocycles. The van der Waals surface area contributed by atoms with Crippen LogP contribution in [0.25, 0.3) is 0 Å². The van der Waals surface area contributed by atoms with Gasteiger partial charge in [0, 0.05) is 12.3 Å². The Hall–Kier alpha value is -2.03. The average molecular weight is 321 g/mol. The highest BCUT2D eigenvalue weighted by Crippen LogP contribution is 2.23. The summed E-state index contributed by atoms with van der Waals surface area (Å²) < 4.78 is 47.9. The standard InChI is InChI=1S/C12H13F2NO5S/c1-12(2,21(3,19)20)11(18)15-9-4-6(10(16)17)7(13)5-8(9)14/h4-5H,1-3H3,(H,15,18)(H,16,17). The maximum absolute atomic E-state index is 13.5. The summed E-state index contributed by atoms with van der Waals surface area (Å²) in [4.78, 5) is 22.7. The number of carboxylic acids is 1. The van der Waals surface area contributed by atoms with Gasteiger partial charge in [-0.2, -0.15) is 0 Å². The van der Waals surface area contributed by atoms with Gasteiger partial charge >= 0.3 is 5.97 Å². The quantitative estimate of drug-likeness (QED) is 0.873. The largest absolute Gasteiger partial charge is 0.478 e. The Balaban J connectivity index is 3.23. The van der Waals surface area contributed by atoms with Crippen LogP contribution in [0.2, 0.25) is 0 Å². The summed E-state index contributed by atoms with van der Waals surface area (Å²) >= 11 is 0. The van der Waals surface area contributed by atoms with E-state index in [4.69, 9.17) is 5.11 Å². The Labute approximate surface area is 119 Å². The van der Waals surface area contributed by atoms with Crippen LogP contribution in [0.5, 0.6) is 0 Å². The lowest BCUT2D eigenvalue weighted by molar-refractivity contribution is -0.117. The summed E-state index contributed by atoms with van der Waals surface area (Å²) in [6.45, 7) is 2.22. The number of carbonyl (C=O) groups excluding carboxylic acids is 1. The number of nitrogens with one attached hydrogen (secondary N) is 1. The van der Waals surface area contributed by atoms with Crippen LogP contribution in [-0.4, -0.2) is 36.4 Å². The van der Waals surface area contributed by atoms with Crippen LogP contribution in [-0.2, 0) is 14.6 Å². The molecule has 21 heavy (non-hydrogen) atoms. The Kier molecular flexibility index (Phi) is 4.37. The molecule has 0 aliphatic carbocycles. The van der Waals surface area contributed by atoms with E-state index in [9.17, 15) is 26.8 Å². The van der Waals surface area contributed by atoms with Gasteiger partial charge in [0.15, 0.2) is 9.84 Å². The molecule has 0 unspecified atom stereocenters. The van der Waals surface area contributed by atoms with Crippen molar-refractivity contribution in [2.75, 3.05) is 11.6 Å². The molecule has 6 nitrogen and oxygen atoms in total. The fraction of sp³-hybridized carbons (Fsp3) is 0.333. The zero-order valence-corrected chi connectivity index (χ0v) is 12.2. The van der Waals surface area contributed by atoms with Gasteiger partial charge in [0.2, 0.25) is 5.91 Å². The van der Waals surface area contributed by atoms with Gasteiger partial charge < -0.3 is 10.4 Å². The van der Waals surface area contributed by atoms with Crippen LogP contribution >= 0.6 is 0 Å². The van der Waals surface area contributed by atoms with Gasteiger partial charge in [0.1, 0.15) is 16.4 Å². The summed E-state index contributed by atoms with van der Waals surface area (Å²) in [5, 5.41) is 10.7. The molecular weight excluding hydrogens is 308 g/mol. The molecule has 0 aromatic heterocycles. The van der Waals surface area contributed by atoms with Gasteiger partial charge in [-0.3, -0.25) is 4.79 Å². The van der Waals surface area contributed by atoms with E-state index in [2.05, 4.69) is 0 Å². The van der Waals surface area contributed by atoms with E-state index in [1.165, 1.54) is 0 Å². The monoisotopic (exact) mass is 321 g/mol. The number of hydrogen-bond donors (Lipinski definition) is 2. The predicted octanol–water partition coefficient (Wildman–Crippen LogP) is 1.42. The second-order valence-corrected chi connectivity index (χ2v) is 7.42. The van der Waals surface area contributed by atoms with E-state index in [1.54, 1.807) is 0 Å². The van der Waals surface area contributed by atoms with Crippen LogP contribution in [0.4, 0.5) is 14.5 Å². The molecule has 0 aliphatic rings. The molecule has 1 aromatic rings. The first-order valence-electron chi connectivity index (χ1n) is 5.61. The predicted molar refractivity (Wildman–Crippen MR) is 70.9 cm³/mol. The van der Waals surface area contributed by atoms with E-state index in [1.807, 2.05) is 5.32 Å². The van der Waals surface area contributed by atoms with Gasteiger partial charge in [-0.05, 0) is 19.9 Å². The highest BCUT2D eigenvalue weighted by Gasteiger charge is 2.38. The van der Waals surface area contributed by atoms with Crippen molar-refractivity contribution in [3.05, 3.63) is 29.3 Å². The second-order valence-electron chi connectivity index (χ2n) is 4.85. The fourth-order valence-corrected chi connectivity index (χ4v) is 1.64. The number of carboxylic acid groups (broad SMARTS) is 1. The first-order valence-corrected chi connectivity index (χ1v) is 7.50. The van der Waals surface area contributed by atoms with Crippen molar-refractivity contribution in [2.24, 2.45) is 0 Å². The summed E-state index contributed by atoms with van der Waals surface area (Å²) in [6, 6.07) is 0.885. The number of halogens is 2. The maximum atomic E-state index is 13.5. The lowest BCUT2D eigenvalue weighted by atomic mass is 10.1. The maximum Gasteiger partial charge on any atom is 0.338 e. The molecule has 0 radical (unpaired) electrons. The Morgan fingerprint density at radius 2 is 1.71 bits per heavy atom. The van der Waals surface area contributed by atoms with Crippen molar-refractivity contribution in [1.29, 1.82) is 0 Å². The second kappa shape index (κ2) is 5.40. The molecule has 0 bridgehead atoms. The minimum absolute atomic E-state index is 0.298. The number of rotatable bonds is 4. The minimum Gasteiger partial charge on any atom is -0.478 e. The van der Waals surface area contributed by atoms with Crippen LogP contribution in [0.15, 0.2) is 12.1 Å².